The lowest BCUT2D eigenvalue weighted by molar-refractivity contribution is -0.116. The quantitative estimate of drug-likeness (QED) is 0.710. The van der Waals surface area contributed by atoms with Crippen LogP contribution in [-0.2, 0) is 4.79 Å². The Balaban J connectivity index is 2.44. The number of rotatable bonds is 1. The summed E-state index contributed by atoms with van der Waals surface area (Å²) in [5.74, 6) is 0.545. The highest BCUT2D eigenvalue weighted by Crippen LogP contribution is 2.49. The third kappa shape index (κ3) is 3.43. The van der Waals surface area contributed by atoms with Crippen molar-refractivity contribution >= 4 is 5.78 Å². The van der Waals surface area contributed by atoms with E-state index in [9.17, 15) is 9.90 Å². The lowest BCUT2D eigenvalue weighted by Crippen LogP contribution is -2.25. The summed E-state index contributed by atoms with van der Waals surface area (Å²) in [5, 5.41) is 10.5. The van der Waals surface area contributed by atoms with Gasteiger partial charge in [-0.2, -0.15) is 0 Å². The lowest BCUT2D eigenvalue weighted by atomic mass is 9.74. The Morgan fingerprint density at radius 2 is 2.00 bits per heavy atom. The number of carbonyl (C=O) groups is 1. The molecule has 0 aromatic carbocycles. The first kappa shape index (κ1) is 17.2. The largest absolute Gasteiger partial charge is 0.389 e. The van der Waals surface area contributed by atoms with Crippen molar-refractivity contribution in [3.63, 3.8) is 0 Å². The van der Waals surface area contributed by atoms with Crippen LogP contribution in [0, 0.1) is 11.3 Å². The maximum Gasteiger partial charge on any atom is 0.159 e. The summed E-state index contributed by atoms with van der Waals surface area (Å²) in [6.45, 7) is 12.6. The van der Waals surface area contributed by atoms with Gasteiger partial charge in [-0.25, -0.2) is 0 Å². The molecule has 0 unspecified atom stereocenters. The van der Waals surface area contributed by atoms with E-state index in [1.54, 1.807) is 0 Å². The Morgan fingerprint density at radius 3 is 2.64 bits per heavy atom. The molecule has 0 amide bonds. The van der Waals surface area contributed by atoms with Crippen molar-refractivity contribution < 1.29 is 9.90 Å². The molecular weight excluding hydrogens is 272 g/mol. The second-order valence-corrected chi connectivity index (χ2v) is 7.67. The van der Waals surface area contributed by atoms with E-state index in [-0.39, 0.29) is 17.1 Å². The molecule has 2 aliphatic rings. The van der Waals surface area contributed by atoms with Crippen LogP contribution in [0.25, 0.3) is 0 Å². The molecule has 0 radical (unpaired) electrons. The van der Waals surface area contributed by atoms with Crippen LogP contribution in [0.2, 0.25) is 0 Å². The van der Waals surface area contributed by atoms with Crippen molar-refractivity contribution in [1.82, 2.24) is 0 Å². The number of allylic oxidation sites excluding steroid dienone is 4. The summed E-state index contributed by atoms with van der Waals surface area (Å²) >= 11 is 0. The van der Waals surface area contributed by atoms with Gasteiger partial charge in [0.15, 0.2) is 5.78 Å². The molecule has 2 aliphatic carbocycles. The number of carbonyl (C=O) groups excluding carboxylic acids is 1. The average Bonchev–Trinajstić information content (AvgIpc) is 2.65. The van der Waals surface area contributed by atoms with Crippen molar-refractivity contribution in [2.45, 2.75) is 72.3 Å². The van der Waals surface area contributed by atoms with Crippen LogP contribution in [0.3, 0.4) is 0 Å². The summed E-state index contributed by atoms with van der Waals surface area (Å²) < 4.78 is 0. The van der Waals surface area contributed by atoms with Gasteiger partial charge >= 0.3 is 0 Å². The number of Topliss-reactive ketones (excluding diaryl/α,β-unsaturated/α-hetero) is 1. The molecule has 0 bridgehead atoms. The fraction of sp³-hybridized carbons (Fsp3) is 0.650. The number of aliphatic hydroxyl groups excluding tert-OH is 1. The van der Waals surface area contributed by atoms with Gasteiger partial charge < -0.3 is 5.11 Å². The van der Waals surface area contributed by atoms with Gasteiger partial charge in [-0.15, -0.1) is 0 Å². The molecule has 0 saturated carbocycles. The van der Waals surface area contributed by atoms with E-state index in [4.69, 9.17) is 0 Å². The Hall–Kier alpha value is -1.15. The first-order chi connectivity index (χ1) is 10.2. The highest BCUT2D eigenvalue weighted by atomic mass is 16.3. The standard InChI is InChI=1S/C20H30O2/c1-13(2)19-16-10-9-14(3)7-6-8-15(4)17(21)11-20(16,5)12-18(19)22/h7,13,17,21H,4,6,8-12H2,1-3,5H3/b14-7+/t17-,20+/m1/s1. The normalized spacial score (nSPS) is 33.5. The summed E-state index contributed by atoms with van der Waals surface area (Å²) in [6, 6.07) is 0. The van der Waals surface area contributed by atoms with E-state index in [0.717, 1.165) is 36.8 Å². The monoisotopic (exact) mass is 302 g/mol. The second kappa shape index (κ2) is 6.54. The smallest absolute Gasteiger partial charge is 0.159 e. The molecule has 0 aromatic heterocycles. The van der Waals surface area contributed by atoms with Crippen molar-refractivity contribution in [2.24, 2.45) is 11.3 Å². The van der Waals surface area contributed by atoms with E-state index in [2.05, 4.69) is 40.3 Å². The van der Waals surface area contributed by atoms with Gasteiger partial charge in [0.2, 0.25) is 0 Å². The van der Waals surface area contributed by atoms with Crippen molar-refractivity contribution in [2.75, 3.05) is 0 Å². The topological polar surface area (TPSA) is 37.3 Å². The number of hydrogen-bond acceptors (Lipinski definition) is 2. The molecule has 0 aromatic rings. The molecule has 2 heteroatoms. The number of ketones is 1. The Labute approximate surface area is 135 Å². The van der Waals surface area contributed by atoms with E-state index < -0.39 is 6.10 Å². The molecule has 122 valence electrons. The summed E-state index contributed by atoms with van der Waals surface area (Å²) in [6.07, 6.45) is 6.66. The summed E-state index contributed by atoms with van der Waals surface area (Å²) in [7, 11) is 0. The second-order valence-electron chi connectivity index (χ2n) is 7.67. The van der Waals surface area contributed by atoms with Crippen LogP contribution < -0.4 is 0 Å². The zero-order chi connectivity index (χ0) is 16.5. The van der Waals surface area contributed by atoms with Gasteiger partial charge in [-0.05, 0) is 61.5 Å². The summed E-state index contributed by atoms with van der Waals surface area (Å²) in [4.78, 5) is 12.5. The molecule has 0 aliphatic heterocycles. The van der Waals surface area contributed by atoms with Crippen LogP contribution in [-0.4, -0.2) is 17.0 Å². The highest BCUT2D eigenvalue weighted by molar-refractivity contribution is 6.00. The zero-order valence-corrected chi connectivity index (χ0v) is 14.5. The maximum atomic E-state index is 12.5. The molecule has 0 spiro atoms. The van der Waals surface area contributed by atoms with Crippen molar-refractivity contribution in [3.05, 3.63) is 34.9 Å². The predicted molar refractivity (Wildman–Crippen MR) is 91.6 cm³/mol. The van der Waals surface area contributed by atoms with Gasteiger partial charge in [0.25, 0.3) is 0 Å². The van der Waals surface area contributed by atoms with Crippen LogP contribution in [0.4, 0.5) is 0 Å². The minimum absolute atomic E-state index is 0.205. The highest BCUT2D eigenvalue weighted by Gasteiger charge is 2.43. The predicted octanol–water partition coefficient (Wildman–Crippen LogP) is 4.75. The van der Waals surface area contributed by atoms with Crippen molar-refractivity contribution in [3.8, 4) is 0 Å². The molecular formula is C20H30O2. The van der Waals surface area contributed by atoms with Crippen LogP contribution in [0.1, 0.15) is 66.2 Å². The van der Waals surface area contributed by atoms with Gasteiger partial charge in [0.1, 0.15) is 0 Å². The Morgan fingerprint density at radius 1 is 1.32 bits per heavy atom. The molecule has 2 atom stereocenters. The third-order valence-corrected chi connectivity index (χ3v) is 5.32. The zero-order valence-electron chi connectivity index (χ0n) is 14.5. The van der Waals surface area contributed by atoms with Gasteiger partial charge in [-0.3, -0.25) is 4.79 Å². The molecule has 0 fully saturated rings. The fourth-order valence-corrected chi connectivity index (χ4v) is 4.02. The summed E-state index contributed by atoms with van der Waals surface area (Å²) in [5.41, 5.74) is 4.38. The number of aliphatic hydroxyl groups is 1. The minimum atomic E-state index is -0.508. The minimum Gasteiger partial charge on any atom is -0.389 e. The van der Waals surface area contributed by atoms with E-state index in [1.807, 2.05) is 0 Å². The van der Waals surface area contributed by atoms with E-state index in [0.29, 0.717) is 12.8 Å². The third-order valence-electron chi connectivity index (χ3n) is 5.32. The van der Waals surface area contributed by atoms with E-state index in [1.165, 1.54) is 11.1 Å². The van der Waals surface area contributed by atoms with Crippen LogP contribution >= 0.6 is 0 Å². The number of hydrogen-bond donors (Lipinski definition) is 1. The van der Waals surface area contributed by atoms with Gasteiger partial charge in [-0.1, -0.05) is 44.6 Å². The number of fused-ring (bicyclic) bond motifs is 1. The first-order valence-electron chi connectivity index (χ1n) is 8.52. The SMILES string of the molecule is C=C1CC/C=C(\C)CCC2=C(C(C)C)C(=O)C[C@]2(C)C[C@H]1O. The Kier molecular flexibility index (Phi) is 5.11. The average molecular weight is 302 g/mol. The molecule has 22 heavy (non-hydrogen) atoms. The fourth-order valence-electron chi connectivity index (χ4n) is 4.02. The lowest BCUT2D eigenvalue weighted by Gasteiger charge is -2.31. The van der Waals surface area contributed by atoms with E-state index >= 15 is 0 Å². The van der Waals surface area contributed by atoms with Gasteiger partial charge in [0.05, 0.1) is 6.10 Å². The maximum absolute atomic E-state index is 12.5. The molecule has 1 N–H and O–H groups in total. The molecule has 0 heterocycles. The molecule has 2 rings (SSSR count). The Bertz CT molecular complexity index is 536. The molecule has 0 saturated heterocycles. The molecule has 2 nitrogen and oxygen atoms in total. The van der Waals surface area contributed by atoms with Gasteiger partial charge in [0, 0.05) is 6.42 Å². The first-order valence-corrected chi connectivity index (χ1v) is 8.52. The van der Waals surface area contributed by atoms with Crippen LogP contribution in [0.15, 0.2) is 34.9 Å². The van der Waals surface area contributed by atoms with Crippen molar-refractivity contribution in [1.29, 1.82) is 0 Å². The van der Waals surface area contributed by atoms with Crippen LogP contribution in [0.5, 0.6) is 0 Å².